The summed E-state index contributed by atoms with van der Waals surface area (Å²) >= 11 is 6.03. The summed E-state index contributed by atoms with van der Waals surface area (Å²) in [5.41, 5.74) is 4.39. The summed E-state index contributed by atoms with van der Waals surface area (Å²) in [6.07, 6.45) is 4.24. The van der Waals surface area contributed by atoms with Gasteiger partial charge in [-0.2, -0.15) is 4.98 Å². The van der Waals surface area contributed by atoms with Crippen LogP contribution in [0.2, 0.25) is 5.02 Å². The number of aromatic nitrogens is 2. The number of esters is 1. The van der Waals surface area contributed by atoms with Crippen molar-refractivity contribution in [2.24, 2.45) is 0 Å². The second kappa shape index (κ2) is 10.5. The molecule has 2 aliphatic heterocycles. The molecule has 1 aromatic heterocycles. The zero-order valence-electron chi connectivity index (χ0n) is 20.4. The van der Waals surface area contributed by atoms with Gasteiger partial charge in [0.25, 0.3) is 0 Å². The maximum Gasteiger partial charge on any atom is 0.309 e. The second-order valence-electron chi connectivity index (χ2n) is 9.08. The van der Waals surface area contributed by atoms with Crippen LogP contribution in [0, 0.1) is 0 Å². The zero-order valence-corrected chi connectivity index (χ0v) is 22.0. The predicted molar refractivity (Wildman–Crippen MR) is 144 cm³/mol. The van der Waals surface area contributed by atoms with Crippen LogP contribution < -0.4 is 10.2 Å². The topological polar surface area (TPSA) is 101 Å². The van der Waals surface area contributed by atoms with E-state index in [2.05, 4.69) is 16.3 Å². The lowest BCUT2D eigenvalue weighted by atomic mass is 10.00. The molecule has 2 aromatic carbocycles. The Morgan fingerprint density at radius 3 is 2.51 bits per heavy atom. The Morgan fingerprint density at radius 2 is 1.84 bits per heavy atom. The fourth-order valence-corrected chi connectivity index (χ4v) is 6.35. The van der Waals surface area contributed by atoms with E-state index in [1.54, 1.807) is 24.3 Å². The number of nitrogens with zero attached hydrogens (tertiary/aromatic N) is 3. The number of benzene rings is 2. The molecule has 0 saturated heterocycles. The molecule has 5 rings (SSSR count). The molecule has 1 N–H and O–H groups in total. The molecule has 0 amide bonds. The highest BCUT2D eigenvalue weighted by molar-refractivity contribution is 7.91. The number of hydrogen-bond donors (Lipinski definition) is 1. The number of carbonyl (C=O) groups excluding carboxylic acids is 1. The molecule has 0 fully saturated rings. The van der Waals surface area contributed by atoms with Gasteiger partial charge in [0.15, 0.2) is 15.7 Å². The van der Waals surface area contributed by atoms with Crippen LogP contribution >= 0.6 is 11.6 Å². The highest BCUT2D eigenvalue weighted by Gasteiger charge is 2.31. The van der Waals surface area contributed by atoms with Gasteiger partial charge in [0.2, 0.25) is 5.95 Å². The van der Waals surface area contributed by atoms with Gasteiger partial charge in [-0.05, 0) is 60.2 Å². The lowest BCUT2D eigenvalue weighted by Crippen LogP contribution is -2.31. The minimum absolute atomic E-state index is 0.0758. The Morgan fingerprint density at radius 1 is 1.08 bits per heavy atom. The number of ether oxygens (including phenoxy) is 1. The maximum atomic E-state index is 13.0. The normalized spacial score (nSPS) is 16.5. The van der Waals surface area contributed by atoms with E-state index < -0.39 is 9.84 Å². The van der Waals surface area contributed by atoms with Crippen LogP contribution in [-0.4, -0.2) is 50.3 Å². The van der Waals surface area contributed by atoms with Gasteiger partial charge in [-0.15, -0.1) is 0 Å². The molecular formula is C27H27ClN4O4S. The van der Waals surface area contributed by atoms with Crippen LogP contribution in [0.4, 0.5) is 17.5 Å². The molecule has 0 saturated carbocycles. The van der Waals surface area contributed by atoms with Crippen LogP contribution in [-0.2, 0) is 32.2 Å². The van der Waals surface area contributed by atoms with Gasteiger partial charge in [-0.3, -0.25) is 4.79 Å². The molecule has 2 aliphatic rings. The second-order valence-corrected chi connectivity index (χ2v) is 11.6. The lowest BCUT2D eigenvalue weighted by molar-refractivity contribution is -0.139. The van der Waals surface area contributed by atoms with E-state index in [-0.39, 0.29) is 28.9 Å². The number of methoxy groups -OCH3 is 1. The molecule has 10 heteroatoms. The number of nitrogens with one attached hydrogen (secondary N) is 1. The van der Waals surface area contributed by atoms with Crippen molar-refractivity contribution >= 4 is 50.4 Å². The smallest absolute Gasteiger partial charge is 0.309 e. The molecule has 0 atom stereocenters. The summed E-state index contributed by atoms with van der Waals surface area (Å²) in [5.74, 6) is 0.544. The average molecular weight is 539 g/mol. The minimum atomic E-state index is -3.51. The minimum Gasteiger partial charge on any atom is -0.469 e. The monoisotopic (exact) mass is 538 g/mol. The number of aryl methyl sites for hydroxylation is 1. The van der Waals surface area contributed by atoms with E-state index in [4.69, 9.17) is 26.3 Å². The summed E-state index contributed by atoms with van der Waals surface area (Å²) in [7, 11) is -2.15. The largest absolute Gasteiger partial charge is 0.469 e. The van der Waals surface area contributed by atoms with E-state index in [0.717, 1.165) is 17.5 Å². The van der Waals surface area contributed by atoms with Crippen molar-refractivity contribution in [2.45, 2.75) is 30.6 Å². The highest BCUT2D eigenvalue weighted by Crippen LogP contribution is 2.34. The fourth-order valence-electron chi connectivity index (χ4n) is 4.60. The van der Waals surface area contributed by atoms with Crippen molar-refractivity contribution in [3.63, 3.8) is 0 Å². The Hall–Kier alpha value is -3.43. The van der Waals surface area contributed by atoms with Gasteiger partial charge in [-0.25, -0.2) is 13.4 Å². The third-order valence-corrected chi connectivity index (χ3v) is 8.69. The van der Waals surface area contributed by atoms with E-state index in [1.165, 1.54) is 12.7 Å². The number of sulfone groups is 1. The quantitative estimate of drug-likeness (QED) is 0.454. The first-order valence-corrected chi connectivity index (χ1v) is 14.1. The zero-order chi connectivity index (χ0) is 26.0. The van der Waals surface area contributed by atoms with Crippen molar-refractivity contribution in [1.29, 1.82) is 0 Å². The van der Waals surface area contributed by atoms with Gasteiger partial charge in [0.05, 0.1) is 25.0 Å². The Balaban J connectivity index is 1.43. The average Bonchev–Trinajstić information content (AvgIpc) is 2.90. The molecule has 0 aliphatic carbocycles. The molecule has 0 bridgehead atoms. The molecular weight excluding hydrogens is 512 g/mol. The maximum absolute atomic E-state index is 13.0. The fraction of sp³-hybridized carbons (Fsp3) is 0.296. The van der Waals surface area contributed by atoms with Gasteiger partial charge in [0.1, 0.15) is 4.90 Å². The van der Waals surface area contributed by atoms with Crippen LogP contribution in [0.5, 0.6) is 0 Å². The molecule has 3 aromatic rings. The number of halogens is 1. The van der Waals surface area contributed by atoms with Gasteiger partial charge in [-0.1, -0.05) is 41.9 Å². The van der Waals surface area contributed by atoms with Crippen molar-refractivity contribution in [2.75, 3.05) is 36.2 Å². The molecule has 192 valence electrons. The first kappa shape index (κ1) is 25.2. The Labute approximate surface area is 221 Å². The highest BCUT2D eigenvalue weighted by atomic mass is 35.5. The van der Waals surface area contributed by atoms with Gasteiger partial charge in [0, 0.05) is 23.8 Å². The van der Waals surface area contributed by atoms with E-state index in [0.29, 0.717) is 48.3 Å². The van der Waals surface area contributed by atoms with Crippen LogP contribution in [0.25, 0.3) is 5.57 Å². The number of hydrogen-bond acceptors (Lipinski definition) is 8. The number of anilines is 3. The predicted octanol–water partition coefficient (Wildman–Crippen LogP) is 4.60. The van der Waals surface area contributed by atoms with Crippen molar-refractivity contribution in [1.82, 2.24) is 9.97 Å². The summed E-state index contributed by atoms with van der Waals surface area (Å²) in [6.45, 7) is 1.33. The number of fused-ring (bicyclic) bond motifs is 1. The third-order valence-electron chi connectivity index (χ3n) is 6.56. The van der Waals surface area contributed by atoms with Crippen molar-refractivity contribution < 1.29 is 17.9 Å². The third kappa shape index (κ3) is 5.62. The Kier molecular flexibility index (Phi) is 7.17. The summed E-state index contributed by atoms with van der Waals surface area (Å²) in [5, 5.41) is 3.91. The molecule has 0 radical (unpaired) electrons. The van der Waals surface area contributed by atoms with E-state index >= 15 is 0 Å². The van der Waals surface area contributed by atoms with E-state index in [9.17, 15) is 13.2 Å². The first-order valence-electron chi connectivity index (χ1n) is 12.1. The molecule has 3 heterocycles. The van der Waals surface area contributed by atoms with Gasteiger partial charge >= 0.3 is 5.97 Å². The lowest BCUT2D eigenvalue weighted by Gasteiger charge is -2.29. The van der Waals surface area contributed by atoms with Gasteiger partial charge < -0.3 is 15.0 Å². The molecule has 0 spiro atoms. The van der Waals surface area contributed by atoms with Crippen LogP contribution in [0.15, 0.2) is 59.5 Å². The number of rotatable bonds is 6. The standard InChI is InChI=1S/C27H27ClN4O4S/c1-36-24(33)17-18-4-10-22(11-5-18)29-26-25-23(3-2-16-37(25,34)35)30-27(31-26)32-14-12-20(13-15-32)19-6-8-21(28)9-7-19/h4-12H,2-3,13-17H2,1H3,(H,29,30,31). The molecule has 37 heavy (non-hydrogen) atoms. The summed E-state index contributed by atoms with van der Waals surface area (Å²) in [4.78, 5) is 23.2. The van der Waals surface area contributed by atoms with Crippen molar-refractivity contribution in [3.8, 4) is 0 Å². The Bertz CT molecular complexity index is 1450. The first-order chi connectivity index (χ1) is 17.8. The van der Waals surface area contributed by atoms with Crippen LogP contribution in [0.1, 0.15) is 29.7 Å². The number of carbonyl (C=O) groups is 1. The van der Waals surface area contributed by atoms with Crippen molar-refractivity contribution in [3.05, 3.63) is 76.5 Å². The summed E-state index contributed by atoms with van der Waals surface area (Å²) in [6, 6.07) is 15.0. The van der Waals surface area contributed by atoms with Crippen LogP contribution in [0.3, 0.4) is 0 Å². The molecule has 8 nitrogen and oxygen atoms in total. The SMILES string of the molecule is COC(=O)Cc1ccc(Nc2nc(N3CC=C(c4ccc(Cl)cc4)CC3)nc3c2S(=O)(=O)CCC3)cc1. The van der Waals surface area contributed by atoms with E-state index in [1.807, 2.05) is 24.3 Å². The summed E-state index contributed by atoms with van der Waals surface area (Å²) < 4.78 is 30.7. The molecule has 0 unspecified atom stereocenters.